The number of nitrogens with one attached hydrogen (secondary N) is 2. The largest absolute Gasteiger partial charge is 0.378 e. The van der Waals surface area contributed by atoms with Crippen molar-refractivity contribution in [1.29, 1.82) is 0 Å². The minimum Gasteiger partial charge on any atom is -0.378 e. The summed E-state index contributed by atoms with van der Waals surface area (Å²) >= 11 is 2.16. The van der Waals surface area contributed by atoms with Crippen LogP contribution in [0.4, 0.5) is 0 Å². The quantitative estimate of drug-likeness (QED) is 0.616. The van der Waals surface area contributed by atoms with Gasteiger partial charge in [-0.15, -0.1) is 11.8 Å². The number of aliphatic hydroxyl groups is 1. The molecule has 0 aromatic carbocycles. The van der Waals surface area contributed by atoms with Crippen molar-refractivity contribution < 1.29 is 5.11 Å². The van der Waals surface area contributed by atoms with Crippen LogP contribution >= 0.6 is 11.8 Å². The molecule has 5 unspecified atom stereocenters. The molecule has 3 aliphatic heterocycles. The maximum atomic E-state index is 10.9. The maximum Gasteiger partial charge on any atom is 0.107 e. The molecule has 5 rings (SSSR count). The first-order valence-corrected chi connectivity index (χ1v) is 13.3. The van der Waals surface area contributed by atoms with Crippen LogP contribution in [-0.4, -0.2) is 83.5 Å². The van der Waals surface area contributed by atoms with Crippen LogP contribution in [0.15, 0.2) is 4.99 Å². The highest BCUT2D eigenvalue weighted by molar-refractivity contribution is 8.00. The molecule has 0 aromatic heterocycles. The van der Waals surface area contributed by atoms with E-state index in [2.05, 4.69) is 46.3 Å². The summed E-state index contributed by atoms with van der Waals surface area (Å²) < 4.78 is 0. The minimum absolute atomic E-state index is 0.244. The summed E-state index contributed by atoms with van der Waals surface area (Å²) in [6.07, 6.45) is 10.9. The molecule has 2 saturated heterocycles. The SMILES string of the molecule is CN(C)C1CCC(NC2=NCNC3SC4CCC(CC(O)N5CCCC5)[C@H]4C23)CC1. The van der Waals surface area contributed by atoms with E-state index in [1.54, 1.807) is 0 Å². The van der Waals surface area contributed by atoms with Gasteiger partial charge in [0, 0.05) is 36.3 Å². The van der Waals surface area contributed by atoms with E-state index >= 15 is 0 Å². The smallest absolute Gasteiger partial charge is 0.107 e. The van der Waals surface area contributed by atoms with E-state index in [0.717, 1.165) is 37.5 Å². The van der Waals surface area contributed by atoms with Gasteiger partial charge in [-0.3, -0.25) is 15.2 Å². The molecule has 6 atom stereocenters. The number of likely N-dealkylation sites (tertiary alicyclic amines) is 1. The fraction of sp³-hybridized carbons (Fsp3) is 0.957. The summed E-state index contributed by atoms with van der Waals surface area (Å²) in [6.45, 7) is 2.91. The minimum atomic E-state index is -0.244. The summed E-state index contributed by atoms with van der Waals surface area (Å²) in [5.74, 6) is 3.08. The Morgan fingerprint density at radius 3 is 2.67 bits per heavy atom. The average Bonchev–Trinajstić information content (AvgIpc) is 3.46. The first-order chi connectivity index (χ1) is 14.6. The highest BCUT2D eigenvalue weighted by Gasteiger charge is 2.54. The average molecular weight is 436 g/mol. The topological polar surface area (TPSA) is 63.1 Å². The lowest BCUT2D eigenvalue weighted by molar-refractivity contribution is -0.00429. The van der Waals surface area contributed by atoms with E-state index in [4.69, 9.17) is 4.99 Å². The van der Waals surface area contributed by atoms with Crippen molar-refractivity contribution in [3.8, 4) is 0 Å². The standard InChI is InChI=1S/C23H41N5OS/c1-27(2)17-8-6-16(7-9-17)26-22-21-20-15(13-19(29)28-11-3-4-12-28)5-10-18(20)30-23(21)25-14-24-22/h15-21,23,25,29H,3-14H2,1-2H3,(H,24,26)/t15?,16?,17?,18?,19?,20-,21?,23?/m1/s1. The Balaban J connectivity index is 1.24. The third-order valence-corrected chi connectivity index (χ3v) is 10.2. The summed E-state index contributed by atoms with van der Waals surface area (Å²) in [7, 11) is 4.43. The molecule has 7 heteroatoms. The highest BCUT2D eigenvalue weighted by Crippen LogP contribution is 2.55. The Hall–Kier alpha value is -0.340. The highest BCUT2D eigenvalue weighted by atomic mass is 32.2. The van der Waals surface area contributed by atoms with Crippen molar-refractivity contribution in [3.05, 3.63) is 0 Å². The Labute approximate surface area is 186 Å². The fourth-order valence-electron chi connectivity index (χ4n) is 6.87. The van der Waals surface area contributed by atoms with E-state index in [9.17, 15) is 5.11 Å². The van der Waals surface area contributed by atoms with Gasteiger partial charge in [-0.2, -0.15) is 0 Å². The lowest BCUT2D eigenvalue weighted by Crippen LogP contribution is -2.52. The van der Waals surface area contributed by atoms with Gasteiger partial charge in [0.05, 0.1) is 12.0 Å². The van der Waals surface area contributed by atoms with Crippen LogP contribution in [0.2, 0.25) is 0 Å². The van der Waals surface area contributed by atoms with E-state index in [-0.39, 0.29) is 6.23 Å². The predicted octanol–water partition coefficient (Wildman–Crippen LogP) is 2.30. The predicted molar refractivity (Wildman–Crippen MR) is 125 cm³/mol. The summed E-state index contributed by atoms with van der Waals surface area (Å²) in [5.41, 5.74) is 0. The number of fused-ring (bicyclic) bond motifs is 3. The zero-order chi connectivity index (χ0) is 20.7. The third-order valence-electron chi connectivity index (χ3n) is 8.57. The number of thioether (sulfide) groups is 1. The molecule has 0 aromatic rings. The molecular weight excluding hydrogens is 394 g/mol. The van der Waals surface area contributed by atoms with E-state index in [1.807, 2.05) is 0 Å². The summed E-state index contributed by atoms with van der Waals surface area (Å²) in [5, 5.41) is 19.7. The van der Waals surface area contributed by atoms with Gasteiger partial charge in [0.1, 0.15) is 12.1 Å². The number of rotatable bonds is 5. The molecule has 2 aliphatic carbocycles. The molecule has 0 spiro atoms. The number of hydrogen-bond donors (Lipinski definition) is 3. The molecule has 6 nitrogen and oxygen atoms in total. The van der Waals surface area contributed by atoms with Crippen LogP contribution in [0.3, 0.4) is 0 Å². The van der Waals surface area contributed by atoms with Crippen molar-refractivity contribution in [3.63, 3.8) is 0 Å². The van der Waals surface area contributed by atoms with Gasteiger partial charge in [0.25, 0.3) is 0 Å². The van der Waals surface area contributed by atoms with Crippen LogP contribution in [-0.2, 0) is 0 Å². The molecule has 3 N–H and O–H groups in total. The molecule has 2 saturated carbocycles. The number of aliphatic hydroxyl groups excluding tert-OH is 1. The molecule has 170 valence electrons. The monoisotopic (exact) mass is 435 g/mol. The Morgan fingerprint density at radius 2 is 1.93 bits per heavy atom. The van der Waals surface area contributed by atoms with Crippen molar-refractivity contribution in [2.75, 3.05) is 33.9 Å². The van der Waals surface area contributed by atoms with Crippen LogP contribution in [0.25, 0.3) is 0 Å². The van der Waals surface area contributed by atoms with Gasteiger partial charge in [-0.25, -0.2) is 0 Å². The zero-order valence-corrected chi connectivity index (χ0v) is 19.6. The molecule has 0 bridgehead atoms. The first-order valence-electron chi connectivity index (χ1n) is 12.4. The number of aliphatic imine (C=N–C) groups is 1. The van der Waals surface area contributed by atoms with Gasteiger partial charge in [0.2, 0.25) is 0 Å². The van der Waals surface area contributed by atoms with Gasteiger partial charge < -0.3 is 15.3 Å². The van der Waals surface area contributed by atoms with Crippen LogP contribution in [0, 0.1) is 17.8 Å². The Kier molecular flexibility index (Phi) is 6.64. The van der Waals surface area contributed by atoms with E-state index in [0.29, 0.717) is 29.2 Å². The van der Waals surface area contributed by atoms with Crippen molar-refractivity contribution in [2.45, 2.75) is 86.7 Å². The van der Waals surface area contributed by atoms with Crippen molar-refractivity contribution in [1.82, 2.24) is 20.4 Å². The first kappa shape index (κ1) is 21.5. The Morgan fingerprint density at radius 1 is 1.17 bits per heavy atom. The second-order valence-corrected chi connectivity index (χ2v) is 11.9. The van der Waals surface area contributed by atoms with Gasteiger partial charge in [-0.1, -0.05) is 0 Å². The fourth-order valence-corrected chi connectivity index (χ4v) is 8.75. The van der Waals surface area contributed by atoms with Gasteiger partial charge in [-0.05, 0) is 83.7 Å². The van der Waals surface area contributed by atoms with Crippen molar-refractivity contribution in [2.24, 2.45) is 22.7 Å². The lowest BCUT2D eigenvalue weighted by Gasteiger charge is -2.38. The third kappa shape index (κ3) is 4.29. The molecule has 0 radical (unpaired) electrons. The lowest BCUT2D eigenvalue weighted by atomic mass is 9.80. The molecule has 0 amide bonds. The van der Waals surface area contributed by atoms with Gasteiger partial charge >= 0.3 is 0 Å². The normalized spacial score (nSPS) is 42.8. The molecular formula is C23H41N5OS. The van der Waals surface area contributed by atoms with Crippen LogP contribution < -0.4 is 10.6 Å². The second kappa shape index (κ2) is 9.26. The van der Waals surface area contributed by atoms with Crippen LogP contribution in [0.1, 0.15) is 57.8 Å². The molecule has 30 heavy (non-hydrogen) atoms. The van der Waals surface area contributed by atoms with E-state index < -0.39 is 0 Å². The molecule has 4 fully saturated rings. The van der Waals surface area contributed by atoms with Gasteiger partial charge in [0.15, 0.2) is 0 Å². The van der Waals surface area contributed by atoms with E-state index in [1.165, 1.54) is 57.2 Å². The summed E-state index contributed by atoms with van der Waals surface area (Å²) in [4.78, 5) is 9.67. The number of hydrogen-bond acceptors (Lipinski definition) is 7. The summed E-state index contributed by atoms with van der Waals surface area (Å²) in [6, 6.07) is 1.32. The maximum absolute atomic E-state index is 10.9. The molecule has 3 heterocycles. The molecule has 5 aliphatic rings. The zero-order valence-electron chi connectivity index (χ0n) is 18.8. The van der Waals surface area contributed by atoms with Crippen molar-refractivity contribution >= 4 is 17.6 Å². The van der Waals surface area contributed by atoms with Crippen LogP contribution in [0.5, 0.6) is 0 Å². The number of amidine groups is 1. The number of nitrogens with zero attached hydrogens (tertiary/aromatic N) is 3. The Bertz CT molecular complexity index is 617. The second-order valence-electron chi connectivity index (χ2n) is 10.5.